The number of hydrogen-bond donors (Lipinski definition) is 1. The molecule has 1 atom stereocenters. The summed E-state index contributed by atoms with van der Waals surface area (Å²) < 4.78 is 5.40. The van der Waals surface area contributed by atoms with Gasteiger partial charge >= 0.3 is 0 Å². The van der Waals surface area contributed by atoms with Crippen LogP contribution in [0.15, 0.2) is 41.4 Å². The van der Waals surface area contributed by atoms with Crippen LogP contribution in [0, 0.1) is 5.92 Å². The van der Waals surface area contributed by atoms with Crippen LogP contribution >= 0.6 is 11.3 Å². The van der Waals surface area contributed by atoms with Gasteiger partial charge in [0.05, 0.1) is 12.1 Å². The second kappa shape index (κ2) is 8.40. The van der Waals surface area contributed by atoms with E-state index in [1.807, 2.05) is 18.3 Å². The Morgan fingerprint density at radius 1 is 1.38 bits per heavy atom. The lowest BCUT2D eigenvalue weighted by Gasteiger charge is -2.28. The number of aromatic nitrogens is 1. The molecule has 2 aromatic rings. The van der Waals surface area contributed by atoms with Gasteiger partial charge in [0.1, 0.15) is 0 Å². The number of ether oxygens (including phenoxy) is 1. The molecule has 24 heavy (non-hydrogen) atoms. The smallest absolute Gasteiger partial charge is 0.223 e. The predicted octanol–water partition coefficient (Wildman–Crippen LogP) is 3.75. The first-order valence-corrected chi connectivity index (χ1v) is 9.44. The molecule has 128 valence electrons. The third-order valence-electron chi connectivity index (χ3n) is 4.80. The molecule has 0 bridgehead atoms. The molecule has 1 aliphatic rings. The van der Waals surface area contributed by atoms with Crippen molar-refractivity contribution in [2.24, 2.45) is 5.92 Å². The highest BCUT2D eigenvalue weighted by Gasteiger charge is 2.28. The third kappa shape index (κ3) is 4.42. The maximum atomic E-state index is 12.7. The average molecular weight is 344 g/mol. The van der Waals surface area contributed by atoms with Gasteiger partial charge in [-0.25, -0.2) is 0 Å². The Labute approximate surface area is 147 Å². The van der Waals surface area contributed by atoms with E-state index in [9.17, 15) is 4.79 Å². The van der Waals surface area contributed by atoms with Gasteiger partial charge in [-0.2, -0.15) is 11.3 Å². The van der Waals surface area contributed by atoms with Crippen molar-refractivity contribution in [3.05, 3.63) is 52.5 Å². The summed E-state index contributed by atoms with van der Waals surface area (Å²) in [7, 11) is 1.75. The van der Waals surface area contributed by atoms with Crippen molar-refractivity contribution in [3.8, 4) is 0 Å². The highest BCUT2D eigenvalue weighted by atomic mass is 32.1. The zero-order valence-electron chi connectivity index (χ0n) is 14.0. The Hall–Kier alpha value is -1.72. The van der Waals surface area contributed by atoms with Crippen molar-refractivity contribution in [2.75, 3.05) is 7.11 Å². The molecule has 0 radical (unpaired) electrons. The summed E-state index contributed by atoms with van der Waals surface area (Å²) in [5, 5.41) is 7.47. The monoisotopic (exact) mass is 344 g/mol. The van der Waals surface area contributed by atoms with E-state index in [1.54, 1.807) is 24.6 Å². The molecule has 2 heterocycles. The van der Waals surface area contributed by atoms with E-state index in [0.29, 0.717) is 6.10 Å². The summed E-state index contributed by atoms with van der Waals surface area (Å²) in [4.78, 5) is 16.9. The molecular formula is C19H24N2O2S. The number of rotatable bonds is 6. The summed E-state index contributed by atoms with van der Waals surface area (Å²) in [6, 6.07) is 6.04. The second-order valence-corrected chi connectivity index (χ2v) is 7.17. The number of thiophene rings is 1. The Balaban J connectivity index is 1.66. The van der Waals surface area contributed by atoms with Crippen LogP contribution in [-0.2, 0) is 16.0 Å². The quantitative estimate of drug-likeness (QED) is 0.868. The number of methoxy groups -OCH3 is 1. The van der Waals surface area contributed by atoms with Crippen molar-refractivity contribution in [1.29, 1.82) is 0 Å². The Morgan fingerprint density at radius 3 is 2.83 bits per heavy atom. The number of hydrogen-bond acceptors (Lipinski definition) is 4. The molecule has 1 aliphatic carbocycles. The van der Waals surface area contributed by atoms with Crippen LogP contribution in [0.4, 0.5) is 0 Å². The average Bonchev–Trinajstić information content (AvgIpc) is 3.15. The van der Waals surface area contributed by atoms with E-state index in [-0.39, 0.29) is 17.9 Å². The molecule has 3 rings (SSSR count). The summed E-state index contributed by atoms with van der Waals surface area (Å²) in [5.74, 6) is 0.256. The zero-order valence-corrected chi connectivity index (χ0v) is 14.8. The molecule has 1 amide bonds. The van der Waals surface area contributed by atoms with E-state index < -0.39 is 0 Å². The fourth-order valence-electron chi connectivity index (χ4n) is 3.33. The van der Waals surface area contributed by atoms with Gasteiger partial charge in [-0.15, -0.1) is 0 Å². The molecule has 0 aliphatic heterocycles. The number of nitrogens with zero attached hydrogens (tertiary/aromatic N) is 1. The van der Waals surface area contributed by atoms with E-state index >= 15 is 0 Å². The predicted molar refractivity (Wildman–Crippen MR) is 95.9 cm³/mol. The van der Waals surface area contributed by atoms with E-state index in [0.717, 1.165) is 37.7 Å². The van der Waals surface area contributed by atoms with Gasteiger partial charge in [0.2, 0.25) is 5.91 Å². The standard InChI is InChI=1S/C19H24N2O2S/c1-23-17-6-4-15(5-7-17)19(22)21-18(11-14-8-10-24-13-14)16-3-2-9-20-12-16/h2-3,8-10,12-13,15,17-18H,4-7,11H2,1H3,(H,21,22)/t15?,17?,18-/m0/s1. The molecule has 1 N–H and O–H groups in total. The molecule has 5 heteroatoms. The Bertz CT molecular complexity index is 622. The van der Waals surface area contributed by atoms with Crippen molar-refractivity contribution >= 4 is 17.2 Å². The van der Waals surface area contributed by atoms with Crippen molar-refractivity contribution in [1.82, 2.24) is 10.3 Å². The number of pyridine rings is 1. The van der Waals surface area contributed by atoms with Crippen LogP contribution in [0.5, 0.6) is 0 Å². The first kappa shape index (κ1) is 17.1. The Morgan fingerprint density at radius 2 is 2.21 bits per heavy atom. The van der Waals surface area contributed by atoms with Crippen molar-refractivity contribution in [3.63, 3.8) is 0 Å². The van der Waals surface area contributed by atoms with Gasteiger partial charge < -0.3 is 10.1 Å². The van der Waals surface area contributed by atoms with Gasteiger partial charge in [-0.1, -0.05) is 6.07 Å². The van der Waals surface area contributed by atoms with Gasteiger partial charge in [0.25, 0.3) is 0 Å². The Kier molecular flexibility index (Phi) is 5.99. The molecular weight excluding hydrogens is 320 g/mol. The summed E-state index contributed by atoms with van der Waals surface area (Å²) >= 11 is 1.68. The van der Waals surface area contributed by atoms with E-state index in [1.165, 1.54) is 5.56 Å². The summed E-state index contributed by atoms with van der Waals surface area (Å²) in [6.07, 6.45) is 8.47. The van der Waals surface area contributed by atoms with Crippen molar-refractivity contribution < 1.29 is 9.53 Å². The van der Waals surface area contributed by atoms with Crippen LogP contribution < -0.4 is 5.32 Å². The lowest BCUT2D eigenvalue weighted by molar-refractivity contribution is -0.127. The summed E-state index contributed by atoms with van der Waals surface area (Å²) in [6.45, 7) is 0. The molecule has 0 spiro atoms. The molecule has 0 unspecified atom stereocenters. The van der Waals surface area contributed by atoms with Crippen LogP contribution in [0.25, 0.3) is 0 Å². The highest BCUT2D eigenvalue weighted by molar-refractivity contribution is 7.07. The minimum absolute atomic E-state index is 0.0269. The summed E-state index contributed by atoms with van der Waals surface area (Å²) in [5.41, 5.74) is 2.31. The highest BCUT2D eigenvalue weighted by Crippen LogP contribution is 2.27. The van der Waals surface area contributed by atoms with Gasteiger partial charge in [0, 0.05) is 25.4 Å². The maximum absolute atomic E-state index is 12.7. The van der Waals surface area contributed by atoms with Gasteiger partial charge in [0.15, 0.2) is 0 Å². The molecule has 2 aromatic heterocycles. The lowest BCUT2D eigenvalue weighted by atomic mass is 9.86. The minimum Gasteiger partial charge on any atom is -0.381 e. The fourth-order valence-corrected chi connectivity index (χ4v) is 4.01. The SMILES string of the molecule is COC1CCC(C(=O)N[C@@H](Cc2ccsc2)c2cccnc2)CC1. The maximum Gasteiger partial charge on any atom is 0.223 e. The lowest BCUT2D eigenvalue weighted by Crippen LogP contribution is -2.37. The number of nitrogens with one attached hydrogen (secondary N) is 1. The molecule has 1 fully saturated rings. The van der Waals surface area contributed by atoms with Gasteiger partial charge in [-0.05, 0) is 66.1 Å². The van der Waals surface area contributed by atoms with Crippen LogP contribution in [0.3, 0.4) is 0 Å². The zero-order chi connectivity index (χ0) is 16.8. The number of amides is 1. The first-order chi connectivity index (χ1) is 11.8. The number of carbonyl (C=O) groups excluding carboxylic acids is 1. The molecule has 4 nitrogen and oxygen atoms in total. The van der Waals surface area contributed by atoms with E-state index in [2.05, 4.69) is 27.1 Å². The van der Waals surface area contributed by atoms with Crippen LogP contribution in [-0.4, -0.2) is 24.1 Å². The molecule has 1 saturated carbocycles. The van der Waals surface area contributed by atoms with E-state index in [4.69, 9.17) is 4.74 Å². The largest absolute Gasteiger partial charge is 0.381 e. The first-order valence-electron chi connectivity index (χ1n) is 8.50. The third-order valence-corrected chi connectivity index (χ3v) is 5.53. The van der Waals surface area contributed by atoms with Gasteiger partial charge in [-0.3, -0.25) is 9.78 Å². The molecule has 0 aromatic carbocycles. The number of carbonyl (C=O) groups is 1. The van der Waals surface area contributed by atoms with Crippen molar-refractivity contribution in [2.45, 2.75) is 44.2 Å². The normalized spacial score (nSPS) is 22.0. The topological polar surface area (TPSA) is 51.2 Å². The molecule has 0 saturated heterocycles. The minimum atomic E-state index is -0.0269. The van der Waals surface area contributed by atoms with Crippen LogP contribution in [0.1, 0.15) is 42.9 Å². The fraction of sp³-hybridized carbons (Fsp3) is 0.474. The van der Waals surface area contributed by atoms with Crippen LogP contribution in [0.2, 0.25) is 0 Å². The second-order valence-electron chi connectivity index (χ2n) is 6.39.